The highest BCUT2D eigenvalue weighted by Gasteiger charge is 2.26. The van der Waals surface area contributed by atoms with E-state index >= 15 is 0 Å². The van der Waals surface area contributed by atoms with Crippen LogP contribution in [0.5, 0.6) is 0 Å². The Labute approximate surface area is 150 Å². The predicted octanol–water partition coefficient (Wildman–Crippen LogP) is 4.26. The normalized spacial score (nSPS) is 12.0. The first kappa shape index (κ1) is 23.4. The van der Waals surface area contributed by atoms with Crippen LogP contribution in [0, 0.1) is 10.8 Å². The largest absolute Gasteiger partial charge is 0.481 e. The summed E-state index contributed by atoms with van der Waals surface area (Å²) in [6.07, 6.45) is 6.27. The summed E-state index contributed by atoms with van der Waals surface area (Å²) in [6.45, 7) is 7.22. The molecule has 25 heavy (non-hydrogen) atoms. The molecule has 146 valence electrons. The number of rotatable bonds is 14. The fourth-order valence-corrected chi connectivity index (χ4v) is 2.33. The topological polar surface area (TPSA) is 101 Å². The van der Waals surface area contributed by atoms with E-state index in [4.69, 9.17) is 14.9 Å². The van der Waals surface area contributed by atoms with Gasteiger partial charge in [0.05, 0.1) is 17.4 Å². The standard InChI is InChI=1S/C19H34O6/c1-18(2,16(21)22)12-8-5-7-11-15(20)25-14-10-6-9-13-19(3,4)17(23)24/h5-14H2,1-4H3,(H,21,22)(H,23,24). The zero-order valence-electron chi connectivity index (χ0n) is 16.1. The van der Waals surface area contributed by atoms with Crippen LogP contribution in [-0.4, -0.2) is 34.7 Å². The lowest BCUT2D eigenvalue weighted by molar-refractivity contribution is -0.148. The van der Waals surface area contributed by atoms with Gasteiger partial charge in [-0.15, -0.1) is 0 Å². The van der Waals surface area contributed by atoms with Crippen molar-refractivity contribution in [2.45, 2.75) is 85.5 Å². The molecule has 0 bridgehead atoms. The third-order valence-corrected chi connectivity index (χ3v) is 4.55. The van der Waals surface area contributed by atoms with Crippen molar-refractivity contribution < 1.29 is 29.3 Å². The number of ether oxygens (including phenoxy) is 1. The SMILES string of the molecule is CC(C)(CCCCCOC(=O)CCCCCC(C)(C)C(=O)O)C(=O)O. The molecule has 2 N–H and O–H groups in total. The quantitative estimate of drug-likeness (QED) is 0.355. The highest BCUT2D eigenvalue weighted by Crippen LogP contribution is 2.24. The zero-order valence-corrected chi connectivity index (χ0v) is 16.1. The van der Waals surface area contributed by atoms with Gasteiger partial charge in [-0.1, -0.05) is 25.7 Å². The molecule has 0 rings (SSSR count). The second-order valence-corrected chi connectivity index (χ2v) is 7.97. The molecule has 0 saturated carbocycles. The van der Waals surface area contributed by atoms with Gasteiger partial charge in [0.2, 0.25) is 0 Å². The maximum Gasteiger partial charge on any atom is 0.309 e. The van der Waals surface area contributed by atoms with Gasteiger partial charge < -0.3 is 14.9 Å². The number of carbonyl (C=O) groups excluding carboxylic acids is 1. The molecule has 0 aromatic carbocycles. The van der Waals surface area contributed by atoms with E-state index in [2.05, 4.69) is 0 Å². The molecule has 0 radical (unpaired) electrons. The number of hydrogen-bond acceptors (Lipinski definition) is 4. The van der Waals surface area contributed by atoms with Crippen molar-refractivity contribution >= 4 is 17.9 Å². The van der Waals surface area contributed by atoms with Crippen LogP contribution in [0.25, 0.3) is 0 Å². The van der Waals surface area contributed by atoms with Crippen LogP contribution in [0.15, 0.2) is 0 Å². The van der Waals surface area contributed by atoms with Gasteiger partial charge >= 0.3 is 17.9 Å². The minimum atomic E-state index is -0.793. The van der Waals surface area contributed by atoms with Crippen LogP contribution in [0.1, 0.15) is 85.5 Å². The summed E-state index contributed by atoms with van der Waals surface area (Å²) < 4.78 is 5.16. The molecule has 0 atom stereocenters. The summed E-state index contributed by atoms with van der Waals surface area (Å²) in [5.74, 6) is -1.80. The van der Waals surface area contributed by atoms with Gasteiger partial charge in [0, 0.05) is 6.42 Å². The molecule has 0 unspecified atom stereocenters. The van der Waals surface area contributed by atoms with Crippen LogP contribution in [0.3, 0.4) is 0 Å². The number of esters is 1. The number of hydrogen-bond donors (Lipinski definition) is 2. The van der Waals surface area contributed by atoms with Crippen LogP contribution in [-0.2, 0) is 19.1 Å². The Hall–Kier alpha value is -1.59. The van der Waals surface area contributed by atoms with E-state index in [1.165, 1.54) is 0 Å². The first-order chi connectivity index (χ1) is 11.5. The minimum Gasteiger partial charge on any atom is -0.481 e. The van der Waals surface area contributed by atoms with Crippen molar-refractivity contribution in [3.63, 3.8) is 0 Å². The van der Waals surface area contributed by atoms with Crippen molar-refractivity contribution in [1.29, 1.82) is 0 Å². The number of carboxylic acids is 2. The molecule has 0 aliphatic rings. The van der Waals surface area contributed by atoms with Gasteiger partial charge in [-0.3, -0.25) is 14.4 Å². The van der Waals surface area contributed by atoms with Crippen molar-refractivity contribution in [3.8, 4) is 0 Å². The van der Waals surface area contributed by atoms with Gasteiger partial charge in [-0.2, -0.15) is 0 Å². The minimum absolute atomic E-state index is 0.219. The summed E-state index contributed by atoms with van der Waals surface area (Å²) in [7, 11) is 0. The lowest BCUT2D eigenvalue weighted by Crippen LogP contribution is -2.23. The van der Waals surface area contributed by atoms with E-state index in [0.717, 1.165) is 32.1 Å². The van der Waals surface area contributed by atoms with E-state index in [9.17, 15) is 14.4 Å². The first-order valence-electron chi connectivity index (χ1n) is 9.11. The average molecular weight is 358 g/mol. The summed E-state index contributed by atoms with van der Waals surface area (Å²) in [4.78, 5) is 33.5. The molecular weight excluding hydrogens is 324 g/mol. The second kappa shape index (κ2) is 11.1. The molecular formula is C19H34O6. The van der Waals surface area contributed by atoms with E-state index in [1.54, 1.807) is 27.7 Å². The first-order valence-corrected chi connectivity index (χ1v) is 9.11. The summed E-state index contributed by atoms with van der Waals surface area (Å²) in [5.41, 5.74) is -1.42. The number of carbonyl (C=O) groups is 3. The van der Waals surface area contributed by atoms with Crippen molar-refractivity contribution in [3.05, 3.63) is 0 Å². The summed E-state index contributed by atoms with van der Waals surface area (Å²) in [6, 6.07) is 0. The Kier molecular flexibility index (Phi) is 10.4. The molecule has 0 aliphatic heterocycles. The van der Waals surface area contributed by atoms with Gasteiger partial charge in [-0.25, -0.2) is 0 Å². The lowest BCUT2D eigenvalue weighted by atomic mass is 9.87. The molecule has 0 spiro atoms. The molecule has 6 nitrogen and oxygen atoms in total. The fraction of sp³-hybridized carbons (Fsp3) is 0.842. The smallest absolute Gasteiger partial charge is 0.309 e. The Morgan fingerprint density at radius 3 is 1.60 bits per heavy atom. The maximum atomic E-state index is 11.6. The van der Waals surface area contributed by atoms with Crippen LogP contribution in [0.2, 0.25) is 0 Å². The van der Waals surface area contributed by atoms with Gasteiger partial charge in [0.1, 0.15) is 0 Å². The Bertz CT molecular complexity index is 439. The van der Waals surface area contributed by atoms with E-state index < -0.39 is 22.8 Å². The molecule has 0 saturated heterocycles. The van der Waals surface area contributed by atoms with Crippen molar-refractivity contribution in [2.75, 3.05) is 6.61 Å². The van der Waals surface area contributed by atoms with Crippen LogP contribution < -0.4 is 0 Å². The van der Waals surface area contributed by atoms with E-state index in [-0.39, 0.29) is 5.97 Å². The van der Waals surface area contributed by atoms with Gasteiger partial charge in [-0.05, 0) is 53.4 Å². The zero-order chi connectivity index (χ0) is 19.5. The van der Waals surface area contributed by atoms with Crippen molar-refractivity contribution in [1.82, 2.24) is 0 Å². The Morgan fingerprint density at radius 2 is 1.16 bits per heavy atom. The molecule has 0 aromatic rings. The average Bonchev–Trinajstić information content (AvgIpc) is 2.49. The third kappa shape index (κ3) is 10.8. The molecule has 0 aliphatic carbocycles. The van der Waals surface area contributed by atoms with Crippen LogP contribution >= 0.6 is 0 Å². The highest BCUT2D eigenvalue weighted by atomic mass is 16.5. The number of aliphatic carboxylic acids is 2. The third-order valence-electron chi connectivity index (χ3n) is 4.55. The predicted molar refractivity (Wildman–Crippen MR) is 95.3 cm³/mol. The lowest BCUT2D eigenvalue weighted by Gasteiger charge is -2.18. The van der Waals surface area contributed by atoms with Gasteiger partial charge in [0.25, 0.3) is 0 Å². The van der Waals surface area contributed by atoms with E-state index in [1.807, 2.05) is 0 Å². The Morgan fingerprint density at radius 1 is 0.720 bits per heavy atom. The second-order valence-electron chi connectivity index (χ2n) is 7.97. The van der Waals surface area contributed by atoms with Gasteiger partial charge in [0.15, 0.2) is 0 Å². The highest BCUT2D eigenvalue weighted by molar-refractivity contribution is 5.73. The molecule has 0 amide bonds. The molecule has 0 fully saturated rings. The number of unbranched alkanes of at least 4 members (excludes halogenated alkanes) is 4. The van der Waals surface area contributed by atoms with E-state index in [0.29, 0.717) is 32.3 Å². The van der Waals surface area contributed by atoms with Crippen LogP contribution in [0.4, 0.5) is 0 Å². The molecule has 0 heterocycles. The molecule has 6 heteroatoms. The molecule has 0 aromatic heterocycles. The number of carboxylic acid groups (broad SMARTS) is 2. The Balaban J connectivity index is 3.60. The fourth-order valence-electron chi connectivity index (χ4n) is 2.33. The summed E-state index contributed by atoms with van der Waals surface area (Å²) >= 11 is 0. The summed E-state index contributed by atoms with van der Waals surface area (Å²) in [5, 5.41) is 18.0. The van der Waals surface area contributed by atoms with Crippen molar-refractivity contribution in [2.24, 2.45) is 10.8 Å². The monoisotopic (exact) mass is 358 g/mol. The maximum absolute atomic E-state index is 11.6.